The van der Waals surface area contributed by atoms with E-state index in [9.17, 15) is 9.90 Å². The Hall–Kier alpha value is -1.07. The molecule has 1 saturated heterocycles. The van der Waals surface area contributed by atoms with Gasteiger partial charge < -0.3 is 19.5 Å². The van der Waals surface area contributed by atoms with E-state index in [1.165, 1.54) is 38.5 Å². The SMILES string of the molecule is CCO[C@H]1OC(C(=O)N2CCCCCCC2)=C[C@@H](C2CCC2)[C@H]1CCCO. The molecule has 0 aromatic rings. The van der Waals surface area contributed by atoms with E-state index >= 15 is 0 Å². The maximum Gasteiger partial charge on any atom is 0.288 e. The van der Waals surface area contributed by atoms with E-state index in [1.807, 2.05) is 11.8 Å². The Morgan fingerprint density at radius 3 is 2.48 bits per heavy atom. The van der Waals surface area contributed by atoms with Crippen LogP contribution in [0.2, 0.25) is 0 Å². The zero-order valence-corrected chi connectivity index (χ0v) is 16.9. The minimum absolute atomic E-state index is 0.0477. The van der Waals surface area contributed by atoms with Crippen LogP contribution in [-0.2, 0) is 14.3 Å². The summed E-state index contributed by atoms with van der Waals surface area (Å²) in [6, 6.07) is 0. The summed E-state index contributed by atoms with van der Waals surface area (Å²) in [5, 5.41) is 9.31. The highest BCUT2D eigenvalue weighted by Gasteiger charge is 2.42. The lowest BCUT2D eigenvalue weighted by molar-refractivity contribution is -0.181. The van der Waals surface area contributed by atoms with Crippen molar-refractivity contribution in [2.75, 3.05) is 26.3 Å². The number of ether oxygens (including phenoxy) is 2. The molecule has 1 amide bonds. The van der Waals surface area contributed by atoms with Crippen molar-refractivity contribution in [3.05, 3.63) is 11.8 Å². The Morgan fingerprint density at radius 2 is 1.89 bits per heavy atom. The second-order valence-corrected chi connectivity index (χ2v) is 8.33. The number of aliphatic hydroxyl groups excluding tert-OH is 1. The number of amides is 1. The summed E-state index contributed by atoms with van der Waals surface area (Å²) >= 11 is 0. The summed E-state index contributed by atoms with van der Waals surface area (Å²) < 4.78 is 12.1. The lowest BCUT2D eigenvalue weighted by Crippen LogP contribution is -2.44. The molecular weight excluding hydrogens is 342 g/mol. The molecule has 0 spiro atoms. The number of aliphatic hydroxyl groups is 1. The molecule has 0 bridgehead atoms. The molecule has 3 atom stereocenters. The quantitative estimate of drug-likeness (QED) is 0.730. The Labute approximate surface area is 164 Å². The predicted molar refractivity (Wildman–Crippen MR) is 105 cm³/mol. The van der Waals surface area contributed by atoms with Crippen LogP contribution < -0.4 is 0 Å². The van der Waals surface area contributed by atoms with Crippen LogP contribution in [0.15, 0.2) is 11.8 Å². The second kappa shape index (κ2) is 10.5. The van der Waals surface area contributed by atoms with Gasteiger partial charge in [0.2, 0.25) is 6.29 Å². The van der Waals surface area contributed by atoms with Gasteiger partial charge in [-0.25, -0.2) is 0 Å². The van der Waals surface area contributed by atoms with E-state index in [1.54, 1.807) is 0 Å². The van der Waals surface area contributed by atoms with Gasteiger partial charge in [-0.15, -0.1) is 0 Å². The van der Waals surface area contributed by atoms with Gasteiger partial charge in [-0.2, -0.15) is 0 Å². The molecule has 5 nitrogen and oxygen atoms in total. The third kappa shape index (κ3) is 5.26. The van der Waals surface area contributed by atoms with Gasteiger partial charge in [-0.1, -0.05) is 25.7 Å². The maximum atomic E-state index is 13.2. The number of carbonyl (C=O) groups is 1. The first kappa shape index (κ1) is 20.7. The fourth-order valence-electron chi connectivity index (χ4n) is 4.75. The topological polar surface area (TPSA) is 59.0 Å². The highest BCUT2D eigenvalue weighted by Crippen LogP contribution is 2.44. The van der Waals surface area contributed by atoms with Crippen LogP contribution in [0.4, 0.5) is 0 Å². The standard InChI is InChI=1S/C22H37NO4/c1-2-26-22-18(12-9-15-24)19(17-10-8-11-17)16-20(27-22)21(25)23-13-6-4-3-5-7-14-23/h16-19,22,24H,2-15H2,1H3/t18-,19+,22+/m1/s1. The zero-order valence-electron chi connectivity index (χ0n) is 16.9. The number of nitrogens with zero attached hydrogens (tertiary/aromatic N) is 1. The zero-order chi connectivity index (χ0) is 19.1. The summed E-state index contributed by atoms with van der Waals surface area (Å²) in [6.45, 7) is 4.41. The molecule has 3 rings (SSSR count). The molecule has 0 aromatic heterocycles. The van der Waals surface area contributed by atoms with Crippen LogP contribution in [0.1, 0.15) is 71.1 Å². The largest absolute Gasteiger partial charge is 0.459 e. The molecule has 0 unspecified atom stereocenters. The summed E-state index contributed by atoms with van der Waals surface area (Å²) in [5.41, 5.74) is 0. The van der Waals surface area contributed by atoms with Crippen LogP contribution in [-0.4, -0.2) is 48.5 Å². The molecule has 1 aliphatic carbocycles. The number of allylic oxidation sites excluding steroid dienone is 1. The average molecular weight is 380 g/mol. The summed E-state index contributed by atoms with van der Waals surface area (Å²) in [4.78, 5) is 15.2. The number of hydrogen-bond donors (Lipinski definition) is 1. The van der Waals surface area contributed by atoms with Crippen molar-refractivity contribution in [3.63, 3.8) is 0 Å². The highest BCUT2D eigenvalue weighted by molar-refractivity contribution is 5.91. The van der Waals surface area contributed by atoms with Gasteiger partial charge >= 0.3 is 0 Å². The Balaban J connectivity index is 1.77. The van der Waals surface area contributed by atoms with Crippen LogP contribution in [0.25, 0.3) is 0 Å². The van der Waals surface area contributed by atoms with Crippen LogP contribution in [0, 0.1) is 17.8 Å². The summed E-state index contributed by atoms with van der Waals surface area (Å²) in [6.07, 6.45) is 13.0. The second-order valence-electron chi connectivity index (χ2n) is 8.33. The van der Waals surface area contributed by atoms with E-state index in [0.29, 0.717) is 24.2 Å². The molecule has 3 aliphatic rings. The number of rotatable bonds is 7. The Bertz CT molecular complexity index is 495. The third-order valence-electron chi connectivity index (χ3n) is 6.51. The lowest BCUT2D eigenvalue weighted by Gasteiger charge is -2.43. The van der Waals surface area contributed by atoms with Crippen molar-refractivity contribution in [3.8, 4) is 0 Å². The normalized spacial score (nSPS) is 29.9. The summed E-state index contributed by atoms with van der Waals surface area (Å²) in [7, 11) is 0. The van der Waals surface area contributed by atoms with Gasteiger partial charge in [0.15, 0.2) is 5.76 Å². The van der Waals surface area contributed by atoms with Gasteiger partial charge in [0.05, 0.1) is 0 Å². The van der Waals surface area contributed by atoms with Crippen LogP contribution in [0.3, 0.4) is 0 Å². The van der Waals surface area contributed by atoms with Gasteiger partial charge in [0.1, 0.15) is 0 Å². The summed E-state index contributed by atoms with van der Waals surface area (Å²) in [5.74, 6) is 1.73. The molecular formula is C22H37NO4. The van der Waals surface area contributed by atoms with E-state index in [0.717, 1.165) is 38.8 Å². The van der Waals surface area contributed by atoms with Gasteiger partial charge in [-0.05, 0) is 63.4 Å². The molecule has 1 N–H and O–H groups in total. The maximum absolute atomic E-state index is 13.2. The molecule has 5 heteroatoms. The molecule has 2 fully saturated rings. The Kier molecular flexibility index (Phi) is 8.01. The van der Waals surface area contributed by atoms with Crippen molar-refractivity contribution in [2.45, 2.75) is 77.4 Å². The van der Waals surface area contributed by atoms with Crippen LogP contribution in [0.5, 0.6) is 0 Å². The molecule has 2 heterocycles. The number of carbonyl (C=O) groups excluding carboxylic acids is 1. The average Bonchev–Trinajstić information content (AvgIpc) is 2.59. The van der Waals surface area contributed by atoms with Crippen molar-refractivity contribution >= 4 is 5.91 Å². The third-order valence-corrected chi connectivity index (χ3v) is 6.51. The smallest absolute Gasteiger partial charge is 0.288 e. The van der Waals surface area contributed by atoms with Crippen molar-refractivity contribution in [1.82, 2.24) is 4.90 Å². The van der Waals surface area contributed by atoms with Crippen LogP contribution >= 0.6 is 0 Å². The minimum Gasteiger partial charge on any atom is -0.459 e. The Morgan fingerprint density at radius 1 is 1.19 bits per heavy atom. The van der Waals surface area contributed by atoms with E-state index < -0.39 is 0 Å². The molecule has 1 saturated carbocycles. The number of likely N-dealkylation sites (tertiary alicyclic amines) is 1. The van der Waals surface area contributed by atoms with Gasteiger partial charge in [-0.3, -0.25) is 4.79 Å². The van der Waals surface area contributed by atoms with E-state index in [4.69, 9.17) is 9.47 Å². The fraction of sp³-hybridized carbons (Fsp3) is 0.864. The molecule has 2 aliphatic heterocycles. The first-order chi connectivity index (χ1) is 13.2. The first-order valence-electron chi connectivity index (χ1n) is 11.1. The highest BCUT2D eigenvalue weighted by atomic mass is 16.7. The number of hydrogen-bond acceptors (Lipinski definition) is 4. The minimum atomic E-state index is -0.370. The monoisotopic (exact) mass is 379 g/mol. The molecule has 0 radical (unpaired) electrons. The van der Waals surface area contributed by atoms with Gasteiger partial charge in [0, 0.05) is 32.2 Å². The molecule has 27 heavy (non-hydrogen) atoms. The van der Waals surface area contributed by atoms with Gasteiger partial charge in [0.25, 0.3) is 5.91 Å². The van der Waals surface area contributed by atoms with Crippen molar-refractivity contribution in [2.24, 2.45) is 17.8 Å². The van der Waals surface area contributed by atoms with E-state index in [-0.39, 0.29) is 24.7 Å². The first-order valence-corrected chi connectivity index (χ1v) is 11.1. The van der Waals surface area contributed by atoms with Crippen molar-refractivity contribution < 1.29 is 19.4 Å². The lowest BCUT2D eigenvalue weighted by atomic mass is 9.68. The van der Waals surface area contributed by atoms with E-state index in [2.05, 4.69) is 6.08 Å². The predicted octanol–water partition coefficient (Wildman–Crippen LogP) is 3.86. The molecule has 154 valence electrons. The molecule has 0 aromatic carbocycles. The van der Waals surface area contributed by atoms with Crippen molar-refractivity contribution in [1.29, 1.82) is 0 Å². The fourth-order valence-corrected chi connectivity index (χ4v) is 4.75.